The molecule has 3 heterocycles. The lowest BCUT2D eigenvalue weighted by molar-refractivity contribution is 0.668. The smallest absolute Gasteiger partial charge is 0.164 e. The molecule has 0 N–H and O–H groups in total. The third-order valence-electron chi connectivity index (χ3n) is 9.03. The first-order chi connectivity index (χ1) is 26.8. The summed E-state index contributed by atoms with van der Waals surface area (Å²) in [7, 11) is 0. The third-order valence-corrected chi connectivity index (χ3v) is 9.03. The van der Waals surface area contributed by atoms with Crippen LogP contribution in [-0.4, -0.2) is 15.0 Å². The summed E-state index contributed by atoms with van der Waals surface area (Å²) in [6.07, 6.45) is 0. The van der Waals surface area contributed by atoms with Crippen LogP contribution in [0.2, 0.25) is 0 Å². The van der Waals surface area contributed by atoms with Gasteiger partial charge in [0, 0.05) is 43.8 Å². The summed E-state index contributed by atoms with van der Waals surface area (Å²) in [6.45, 7) is 0. The molecule has 0 aliphatic rings. The van der Waals surface area contributed by atoms with Crippen molar-refractivity contribution in [3.63, 3.8) is 0 Å². The SMILES string of the molecule is [2H]c1c([2H])c([2H])c(-c2cccc(-c3nc(-c4ccccc4)nc(-c4cccc5oc6ccc(-c7cccc8c7oc7ccccc78)cc6c45)n3)c2)c([2H])c1[2H]. The van der Waals surface area contributed by atoms with Gasteiger partial charge in [0.15, 0.2) is 17.5 Å². The molecule has 50 heavy (non-hydrogen) atoms. The summed E-state index contributed by atoms with van der Waals surface area (Å²) in [5.41, 5.74) is 7.67. The standard InChI is InChI=1S/C45H27N3O2/c1-3-12-28(13-4-1)30-16-9-17-32(26-30)44-46-43(29-14-5-2-6-15-29)47-45(48-44)36-21-11-23-40-41(36)37-27-31(24-25-39(37)49-40)33-19-10-20-35-34-18-7-8-22-38(34)50-42(33)35/h1-27H/i1D,3D,4D,12D,13D. The fourth-order valence-corrected chi connectivity index (χ4v) is 6.71. The Kier molecular flexibility index (Phi) is 5.35. The quantitative estimate of drug-likeness (QED) is 0.186. The van der Waals surface area contributed by atoms with Gasteiger partial charge in [0.2, 0.25) is 0 Å². The van der Waals surface area contributed by atoms with Gasteiger partial charge in [0.1, 0.15) is 22.3 Å². The topological polar surface area (TPSA) is 65.0 Å². The van der Waals surface area contributed by atoms with Gasteiger partial charge in [0.25, 0.3) is 0 Å². The molecule has 0 aliphatic carbocycles. The second kappa shape index (κ2) is 11.4. The van der Waals surface area contributed by atoms with Crippen LogP contribution in [0.5, 0.6) is 0 Å². The summed E-state index contributed by atoms with van der Waals surface area (Å²) in [5, 5.41) is 3.85. The molecule has 234 valence electrons. The van der Waals surface area contributed by atoms with Gasteiger partial charge in [-0.25, -0.2) is 15.0 Å². The highest BCUT2D eigenvalue weighted by Crippen LogP contribution is 2.41. The molecule has 0 bridgehead atoms. The maximum atomic E-state index is 8.58. The lowest BCUT2D eigenvalue weighted by Crippen LogP contribution is -2.00. The Balaban J connectivity index is 1.17. The average molecular weight is 647 g/mol. The van der Waals surface area contributed by atoms with Crippen LogP contribution >= 0.6 is 0 Å². The predicted molar refractivity (Wildman–Crippen MR) is 202 cm³/mol. The van der Waals surface area contributed by atoms with Crippen LogP contribution in [0.1, 0.15) is 6.85 Å². The highest BCUT2D eigenvalue weighted by molar-refractivity contribution is 6.14. The van der Waals surface area contributed by atoms with Crippen LogP contribution in [0.25, 0.3) is 100 Å². The molecule has 0 saturated carbocycles. The Morgan fingerprint density at radius 1 is 0.400 bits per heavy atom. The van der Waals surface area contributed by atoms with E-state index < -0.39 is 18.1 Å². The molecule has 0 unspecified atom stereocenters. The minimum absolute atomic E-state index is 0.106. The number of nitrogens with zero attached hydrogens (tertiary/aromatic N) is 3. The molecular formula is C45H27N3O2. The lowest BCUT2D eigenvalue weighted by Gasteiger charge is -2.10. The molecule has 10 rings (SSSR count). The Morgan fingerprint density at radius 3 is 1.96 bits per heavy atom. The summed E-state index contributed by atoms with van der Waals surface area (Å²) < 4.78 is 54.5. The molecule has 7 aromatic carbocycles. The van der Waals surface area contributed by atoms with Crippen LogP contribution < -0.4 is 0 Å². The number of furan rings is 2. The first-order valence-corrected chi connectivity index (χ1v) is 16.2. The first kappa shape index (κ1) is 23.5. The van der Waals surface area contributed by atoms with Crippen LogP contribution in [0.3, 0.4) is 0 Å². The Morgan fingerprint density at radius 2 is 1.06 bits per heavy atom. The predicted octanol–water partition coefficient (Wildman–Crippen LogP) is 12.0. The van der Waals surface area contributed by atoms with Crippen molar-refractivity contribution in [3.05, 3.63) is 164 Å². The van der Waals surface area contributed by atoms with Crippen molar-refractivity contribution < 1.29 is 15.7 Å². The molecule has 0 amide bonds. The Hall–Kier alpha value is -6.85. The maximum Gasteiger partial charge on any atom is 0.164 e. The van der Waals surface area contributed by atoms with Crippen molar-refractivity contribution in [2.75, 3.05) is 0 Å². The average Bonchev–Trinajstić information content (AvgIpc) is 3.81. The molecule has 0 atom stereocenters. The van der Waals surface area contributed by atoms with Crippen LogP contribution in [0, 0.1) is 0 Å². The van der Waals surface area contributed by atoms with E-state index in [-0.39, 0.29) is 17.6 Å². The molecule has 0 aliphatic heterocycles. The van der Waals surface area contributed by atoms with E-state index in [4.69, 9.17) is 30.6 Å². The zero-order valence-corrected chi connectivity index (χ0v) is 26.4. The van der Waals surface area contributed by atoms with Crippen molar-refractivity contribution >= 4 is 43.9 Å². The van der Waals surface area contributed by atoms with Crippen molar-refractivity contribution in [1.82, 2.24) is 15.0 Å². The molecule has 5 heteroatoms. The summed E-state index contributed by atoms with van der Waals surface area (Å²) in [6, 6.07) is 41.1. The first-order valence-electron chi connectivity index (χ1n) is 18.7. The van der Waals surface area contributed by atoms with Crippen LogP contribution in [-0.2, 0) is 0 Å². The molecule has 0 fully saturated rings. The second-order valence-corrected chi connectivity index (χ2v) is 12.0. The number of para-hydroxylation sites is 2. The normalized spacial score (nSPS) is 13.0. The van der Waals surface area contributed by atoms with Crippen molar-refractivity contribution in [1.29, 1.82) is 0 Å². The largest absolute Gasteiger partial charge is 0.456 e. The van der Waals surface area contributed by atoms with E-state index in [1.54, 1.807) is 18.2 Å². The molecule has 0 saturated heterocycles. The number of aromatic nitrogens is 3. The number of hydrogen-bond donors (Lipinski definition) is 0. The lowest BCUT2D eigenvalue weighted by atomic mass is 9.99. The minimum Gasteiger partial charge on any atom is -0.456 e. The maximum absolute atomic E-state index is 8.58. The van der Waals surface area contributed by atoms with Crippen molar-refractivity contribution in [2.45, 2.75) is 0 Å². The zero-order chi connectivity index (χ0) is 37.4. The second-order valence-electron chi connectivity index (χ2n) is 12.0. The van der Waals surface area contributed by atoms with E-state index in [9.17, 15) is 0 Å². The van der Waals surface area contributed by atoms with E-state index in [1.807, 2.05) is 91.0 Å². The molecular weight excluding hydrogens is 615 g/mol. The van der Waals surface area contributed by atoms with Crippen molar-refractivity contribution in [2.24, 2.45) is 0 Å². The number of rotatable bonds is 5. The van der Waals surface area contributed by atoms with Gasteiger partial charge < -0.3 is 8.83 Å². The number of fused-ring (bicyclic) bond motifs is 6. The minimum atomic E-state index is -0.441. The van der Waals surface area contributed by atoms with Gasteiger partial charge in [-0.1, -0.05) is 133 Å². The van der Waals surface area contributed by atoms with Gasteiger partial charge >= 0.3 is 0 Å². The molecule has 0 spiro atoms. The fraction of sp³-hybridized carbons (Fsp3) is 0. The Bertz CT molecular complexity index is 3150. The van der Waals surface area contributed by atoms with Gasteiger partial charge in [-0.3, -0.25) is 0 Å². The van der Waals surface area contributed by atoms with E-state index in [0.717, 1.165) is 55.0 Å². The zero-order valence-electron chi connectivity index (χ0n) is 31.4. The van der Waals surface area contributed by atoms with E-state index in [1.165, 1.54) is 0 Å². The summed E-state index contributed by atoms with van der Waals surface area (Å²) in [5.74, 6) is 1.24. The van der Waals surface area contributed by atoms with Crippen LogP contribution in [0.4, 0.5) is 0 Å². The number of benzene rings is 7. The highest BCUT2D eigenvalue weighted by Gasteiger charge is 2.19. The summed E-state index contributed by atoms with van der Waals surface area (Å²) >= 11 is 0. The fourth-order valence-electron chi connectivity index (χ4n) is 6.71. The van der Waals surface area contributed by atoms with Crippen LogP contribution in [0.15, 0.2) is 173 Å². The van der Waals surface area contributed by atoms with Gasteiger partial charge in [-0.15, -0.1) is 0 Å². The third kappa shape index (κ3) is 4.67. The molecule has 0 radical (unpaired) electrons. The number of hydrogen-bond acceptors (Lipinski definition) is 5. The van der Waals surface area contributed by atoms with Gasteiger partial charge in [-0.05, 0) is 47.0 Å². The van der Waals surface area contributed by atoms with Gasteiger partial charge in [0.05, 0.1) is 6.85 Å². The molecule has 10 aromatic rings. The molecule has 3 aromatic heterocycles. The van der Waals surface area contributed by atoms with Crippen molar-refractivity contribution in [3.8, 4) is 56.4 Å². The van der Waals surface area contributed by atoms with Gasteiger partial charge in [-0.2, -0.15) is 0 Å². The monoisotopic (exact) mass is 646 g/mol. The van der Waals surface area contributed by atoms with E-state index in [0.29, 0.717) is 39.8 Å². The Labute approximate surface area is 294 Å². The highest BCUT2D eigenvalue weighted by atomic mass is 16.3. The summed E-state index contributed by atoms with van der Waals surface area (Å²) in [4.78, 5) is 15.0. The van der Waals surface area contributed by atoms with E-state index >= 15 is 0 Å². The molecule has 5 nitrogen and oxygen atoms in total. The van der Waals surface area contributed by atoms with E-state index in [2.05, 4.69) is 24.3 Å².